The van der Waals surface area contributed by atoms with E-state index in [0.29, 0.717) is 19.6 Å². The van der Waals surface area contributed by atoms with Crippen LogP contribution in [0, 0.1) is 5.92 Å². The molecule has 1 aliphatic rings. The molecule has 0 aromatic carbocycles. The van der Waals surface area contributed by atoms with Crippen molar-refractivity contribution < 1.29 is 13.2 Å². The summed E-state index contributed by atoms with van der Waals surface area (Å²) >= 11 is 0. The molecular formula is C9H17F3N2. The largest absolute Gasteiger partial charge is 0.391 e. The SMILES string of the molecule is CC(CN)N1CCC(C(F)(F)F)CC1. The summed E-state index contributed by atoms with van der Waals surface area (Å²) in [5.41, 5.74) is 5.46. The first kappa shape index (κ1) is 11.8. The van der Waals surface area contributed by atoms with Crippen molar-refractivity contribution in [2.24, 2.45) is 11.7 Å². The van der Waals surface area contributed by atoms with Crippen molar-refractivity contribution in [3.8, 4) is 0 Å². The van der Waals surface area contributed by atoms with Crippen LogP contribution in [0.15, 0.2) is 0 Å². The van der Waals surface area contributed by atoms with Crippen molar-refractivity contribution in [1.82, 2.24) is 4.90 Å². The van der Waals surface area contributed by atoms with Crippen LogP contribution in [0.4, 0.5) is 13.2 Å². The zero-order chi connectivity index (χ0) is 10.8. The third-order valence-corrected chi connectivity index (χ3v) is 2.96. The molecule has 1 aliphatic heterocycles. The highest BCUT2D eigenvalue weighted by molar-refractivity contribution is 4.79. The van der Waals surface area contributed by atoms with Crippen molar-refractivity contribution in [3.05, 3.63) is 0 Å². The molecule has 1 heterocycles. The minimum absolute atomic E-state index is 0.198. The van der Waals surface area contributed by atoms with Gasteiger partial charge in [0.15, 0.2) is 0 Å². The van der Waals surface area contributed by atoms with E-state index >= 15 is 0 Å². The number of hydrogen-bond acceptors (Lipinski definition) is 2. The molecule has 0 bridgehead atoms. The van der Waals surface area contributed by atoms with Crippen LogP contribution < -0.4 is 5.73 Å². The van der Waals surface area contributed by atoms with Crippen molar-refractivity contribution in [2.45, 2.75) is 32.0 Å². The van der Waals surface area contributed by atoms with Crippen LogP contribution in [0.2, 0.25) is 0 Å². The predicted molar refractivity (Wildman–Crippen MR) is 48.9 cm³/mol. The number of nitrogens with two attached hydrogens (primary N) is 1. The van der Waals surface area contributed by atoms with Gasteiger partial charge < -0.3 is 5.73 Å². The fourth-order valence-corrected chi connectivity index (χ4v) is 1.82. The van der Waals surface area contributed by atoms with Gasteiger partial charge in [0, 0.05) is 12.6 Å². The highest BCUT2D eigenvalue weighted by Crippen LogP contribution is 2.34. The van der Waals surface area contributed by atoms with E-state index in [1.165, 1.54) is 0 Å². The van der Waals surface area contributed by atoms with E-state index in [-0.39, 0.29) is 18.9 Å². The fraction of sp³-hybridized carbons (Fsp3) is 1.00. The van der Waals surface area contributed by atoms with Crippen molar-refractivity contribution in [2.75, 3.05) is 19.6 Å². The van der Waals surface area contributed by atoms with Gasteiger partial charge in [0.1, 0.15) is 0 Å². The Morgan fingerprint density at radius 3 is 2.21 bits per heavy atom. The summed E-state index contributed by atoms with van der Waals surface area (Å²) in [5, 5.41) is 0. The van der Waals surface area contributed by atoms with Gasteiger partial charge in [0.25, 0.3) is 0 Å². The van der Waals surface area contributed by atoms with Gasteiger partial charge in [-0.05, 0) is 32.9 Å². The lowest BCUT2D eigenvalue weighted by molar-refractivity contribution is -0.185. The summed E-state index contributed by atoms with van der Waals surface area (Å²) in [7, 11) is 0. The molecule has 0 spiro atoms. The Morgan fingerprint density at radius 1 is 1.36 bits per heavy atom. The quantitative estimate of drug-likeness (QED) is 0.750. The maximum absolute atomic E-state index is 12.3. The molecule has 0 amide bonds. The Labute approximate surface area is 82.2 Å². The second-order valence-corrected chi connectivity index (χ2v) is 3.94. The first-order valence-corrected chi connectivity index (χ1v) is 4.96. The molecule has 1 saturated heterocycles. The smallest absolute Gasteiger partial charge is 0.329 e. The predicted octanol–water partition coefficient (Wildman–Crippen LogP) is 1.61. The number of nitrogens with zero attached hydrogens (tertiary/aromatic N) is 1. The minimum atomic E-state index is -4.02. The van der Waals surface area contributed by atoms with Crippen LogP contribution in [0.1, 0.15) is 19.8 Å². The van der Waals surface area contributed by atoms with Crippen LogP contribution in [0.25, 0.3) is 0 Å². The molecule has 1 rings (SSSR count). The van der Waals surface area contributed by atoms with E-state index in [1.807, 2.05) is 11.8 Å². The molecule has 14 heavy (non-hydrogen) atoms. The Hall–Kier alpha value is -0.290. The summed E-state index contributed by atoms with van der Waals surface area (Å²) in [4.78, 5) is 2.03. The van der Waals surface area contributed by atoms with Gasteiger partial charge in [-0.25, -0.2) is 0 Å². The number of hydrogen-bond donors (Lipinski definition) is 1. The molecule has 2 nitrogen and oxygen atoms in total. The minimum Gasteiger partial charge on any atom is -0.329 e. The average Bonchev–Trinajstić information content (AvgIpc) is 2.15. The molecule has 1 fully saturated rings. The monoisotopic (exact) mass is 210 g/mol. The average molecular weight is 210 g/mol. The van der Waals surface area contributed by atoms with Gasteiger partial charge in [-0.2, -0.15) is 13.2 Å². The topological polar surface area (TPSA) is 29.3 Å². The second kappa shape index (κ2) is 4.49. The van der Waals surface area contributed by atoms with Gasteiger partial charge in [0.2, 0.25) is 0 Å². The van der Waals surface area contributed by atoms with Crippen molar-refractivity contribution in [3.63, 3.8) is 0 Å². The zero-order valence-electron chi connectivity index (χ0n) is 8.35. The molecule has 0 radical (unpaired) electrons. The molecular weight excluding hydrogens is 193 g/mol. The Balaban J connectivity index is 2.39. The summed E-state index contributed by atoms with van der Waals surface area (Å²) in [6.07, 6.45) is -3.58. The molecule has 5 heteroatoms. The number of halogens is 3. The van der Waals surface area contributed by atoms with Crippen molar-refractivity contribution >= 4 is 0 Å². The highest BCUT2D eigenvalue weighted by Gasteiger charge is 2.41. The first-order valence-electron chi connectivity index (χ1n) is 4.96. The molecule has 0 aromatic heterocycles. The second-order valence-electron chi connectivity index (χ2n) is 3.94. The molecule has 1 unspecified atom stereocenters. The van der Waals surface area contributed by atoms with Crippen molar-refractivity contribution in [1.29, 1.82) is 0 Å². The normalized spacial score (nSPS) is 23.8. The van der Waals surface area contributed by atoms with Crippen LogP contribution in [-0.2, 0) is 0 Å². The summed E-state index contributed by atoms with van der Waals surface area (Å²) in [6, 6.07) is 0.198. The third kappa shape index (κ3) is 2.85. The molecule has 84 valence electrons. The highest BCUT2D eigenvalue weighted by atomic mass is 19.4. The number of piperidine rings is 1. The lowest BCUT2D eigenvalue weighted by Gasteiger charge is -2.36. The van der Waals surface area contributed by atoms with E-state index in [4.69, 9.17) is 5.73 Å². The van der Waals surface area contributed by atoms with Gasteiger partial charge in [-0.15, -0.1) is 0 Å². The number of rotatable bonds is 2. The zero-order valence-corrected chi connectivity index (χ0v) is 8.35. The Kier molecular flexibility index (Phi) is 3.78. The Bertz CT molecular complexity index is 173. The molecule has 0 aliphatic carbocycles. The Morgan fingerprint density at radius 2 is 1.86 bits per heavy atom. The molecule has 0 saturated carbocycles. The van der Waals surface area contributed by atoms with E-state index < -0.39 is 12.1 Å². The van der Waals surface area contributed by atoms with Gasteiger partial charge >= 0.3 is 6.18 Å². The van der Waals surface area contributed by atoms with E-state index in [1.54, 1.807) is 0 Å². The summed E-state index contributed by atoms with van der Waals surface area (Å²) in [6.45, 7) is 3.50. The third-order valence-electron chi connectivity index (χ3n) is 2.96. The summed E-state index contributed by atoms with van der Waals surface area (Å²) in [5.74, 6) is -1.11. The maximum atomic E-state index is 12.3. The standard InChI is InChI=1S/C9H17F3N2/c1-7(6-13)14-4-2-8(3-5-14)9(10,11)12/h7-8H,2-6,13H2,1H3. The van der Waals surface area contributed by atoms with Gasteiger partial charge in [-0.3, -0.25) is 4.90 Å². The lowest BCUT2D eigenvalue weighted by Crippen LogP contribution is -2.45. The van der Waals surface area contributed by atoms with E-state index in [2.05, 4.69) is 0 Å². The van der Waals surface area contributed by atoms with Gasteiger partial charge in [0.05, 0.1) is 5.92 Å². The van der Waals surface area contributed by atoms with Crippen LogP contribution >= 0.6 is 0 Å². The fourth-order valence-electron chi connectivity index (χ4n) is 1.82. The van der Waals surface area contributed by atoms with Crippen LogP contribution in [-0.4, -0.2) is 36.8 Å². The molecule has 2 N–H and O–H groups in total. The van der Waals surface area contributed by atoms with Crippen LogP contribution in [0.3, 0.4) is 0 Å². The van der Waals surface area contributed by atoms with Gasteiger partial charge in [-0.1, -0.05) is 0 Å². The number of likely N-dealkylation sites (tertiary alicyclic amines) is 1. The lowest BCUT2D eigenvalue weighted by atomic mass is 9.95. The van der Waals surface area contributed by atoms with Crippen LogP contribution in [0.5, 0.6) is 0 Å². The van der Waals surface area contributed by atoms with E-state index in [9.17, 15) is 13.2 Å². The molecule has 0 aromatic rings. The first-order chi connectivity index (χ1) is 6.45. The molecule has 1 atom stereocenters. The summed E-state index contributed by atoms with van der Waals surface area (Å²) < 4.78 is 36.9. The number of alkyl halides is 3. The van der Waals surface area contributed by atoms with E-state index in [0.717, 1.165) is 0 Å². The maximum Gasteiger partial charge on any atom is 0.391 e.